The summed E-state index contributed by atoms with van der Waals surface area (Å²) in [5, 5.41) is 0. The van der Waals surface area contributed by atoms with Crippen molar-refractivity contribution in [2.75, 3.05) is 11.4 Å². The van der Waals surface area contributed by atoms with Crippen molar-refractivity contribution in [3.63, 3.8) is 0 Å². The molecule has 1 saturated heterocycles. The molecule has 23 heavy (non-hydrogen) atoms. The van der Waals surface area contributed by atoms with Gasteiger partial charge in [-0.2, -0.15) is 0 Å². The van der Waals surface area contributed by atoms with E-state index in [2.05, 4.69) is 0 Å². The Morgan fingerprint density at radius 2 is 1.91 bits per heavy atom. The van der Waals surface area contributed by atoms with Gasteiger partial charge in [-0.25, -0.2) is 9.69 Å². The van der Waals surface area contributed by atoms with Crippen molar-refractivity contribution in [3.8, 4) is 0 Å². The van der Waals surface area contributed by atoms with E-state index >= 15 is 0 Å². The Balaban J connectivity index is 2.09. The molecule has 122 valence electrons. The molecule has 6 nitrogen and oxygen atoms in total. The minimum atomic E-state index is -0.739. The van der Waals surface area contributed by atoms with Crippen LogP contribution >= 0.6 is 0 Å². The molecule has 1 aromatic rings. The van der Waals surface area contributed by atoms with E-state index < -0.39 is 23.6 Å². The molecule has 2 heterocycles. The highest BCUT2D eigenvalue weighted by Crippen LogP contribution is 2.33. The lowest BCUT2D eigenvalue weighted by atomic mass is 10.1. The molecule has 0 unspecified atom stereocenters. The van der Waals surface area contributed by atoms with Crippen molar-refractivity contribution in [2.45, 2.75) is 45.3 Å². The number of imide groups is 1. The lowest BCUT2D eigenvalue weighted by molar-refractivity contribution is -0.121. The third-order valence-electron chi connectivity index (χ3n) is 3.97. The molecule has 0 aliphatic carbocycles. The molecule has 0 radical (unpaired) electrons. The zero-order chi connectivity index (χ0) is 16.8. The molecule has 2 aliphatic rings. The molecule has 0 bridgehead atoms. The topological polar surface area (TPSA) is 66.9 Å². The Morgan fingerprint density at radius 3 is 2.61 bits per heavy atom. The fourth-order valence-electron chi connectivity index (χ4n) is 3.03. The first-order valence-electron chi connectivity index (χ1n) is 7.76. The standard InChI is InChI=1S/C17H20N2O4/c1-17(2,3)23-16(22)19-12-8-5-4-7-11(12)14(20)18-10-6-9-13(18)15(19)21/h4-5,7-8,13H,6,9-10H2,1-3H3/t13-/m0/s1. The molecule has 2 aliphatic heterocycles. The zero-order valence-corrected chi connectivity index (χ0v) is 13.5. The number of anilines is 1. The number of carbonyl (C=O) groups is 3. The number of nitrogens with zero attached hydrogens (tertiary/aromatic N) is 2. The molecule has 3 amide bonds. The third kappa shape index (κ3) is 2.69. The first kappa shape index (κ1) is 15.5. The quantitative estimate of drug-likeness (QED) is 0.738. The summed E-state index contributed by atoms with van der Waals surface area (Å²) in [5.41, 5.74) is -0.0694. The van der Waals surface area contributed by atoms with Crippen LogP contribution in [0, 0.1) is 0 Å². The van der Waals surface area contributed by atoms with E-state index in [1.807, 2.05) is 0 Å². The summed E-state index contributed by atoms with van der Waals surface area (Å²) in [6.07, 6.45) is 0.584. The maximum atomic E-state index is 12.9. The van der Waals surface area contributed by atoms with Gasteiger partial charge in [0.15, 0.2) is 0 Å². The van der Waals surface area contributed by atoms with E-state index in [0.717, 1.165) is 11.3 Å². The van der Waals surface area contributed by atoms with E-state index in [-0.39, 0.29) is 5.91 Å². The second-order valence-electron chi connectivity index (χ2n) is 6.83. The molecule has 1 aromatic carbocycles. The number of ether oxygens (including phenoxy) is 1. The van der Waals surface area contributed by atoms with Gasteiger partial charge in [0.1, 0.15) is 11.6 Å². The smallest absolute Gasteiger partial charge is 0.421 e. The van der Waals surface area contributed by atoms with Crippen molar-refractivity contribution < 1.29 is 19.1 Å². The van der Waals surface area contributed by atoms with Crippen LogP contribution in [0.25, 0.3) is 0 Å². The van der Waals surface area contributed by atoms with Crippen LogP contribution in [-0.2, 0) is 9.53 Å². The maximum absolute atomic E-state index is 12.9. The molecule has 0 spiro atoms. The monoisotopic (exact) mass is 316 g/mol. The van der Waals surface area contributed by atoms with Crippen molar-refractivity contribution in [1.29, 1.82) is 0 Å². The molecule has 0 saturated carbocycles. The Kier molecular flexibility index (Phi) is 3.62. The highest BCUT2D eigenvalue weighted by Gasteiger charge is 2.45. The lowest BCUT2D eigenvalue weighted by Gasteiger charge is -2.27. The molecule has 6 heteroatoms. The van der Waals surface area contributed by atoms with Gasteiger partial charge in [-0.15, -0.1) is 0 Å². The molecule has 0 N–H and O–H groups in total. The molecular formula is C17H20N2O4. The molecule has 1 atom stereocenters. The summed E-state index contributed by atoms with van der Waals surface area (Å²) in [4.78, 5) is 40.8. The number of carbonyl (C=O) groups excluding carboxylic acids is 3. The second kappa shape index (κ2) is 5.37. The number of hydrogen-bond acceptors (Lipinski definition) is 4. The van der Waals surface area contributed by atoms with Gasteiger partial charge in [0.2, 0.25) is 0 Å². The number of rotatable bonds is 0. The number of fused-ring (bicyclic) bond motifs is 2. The summed E-state index contributed by atoms with van der Waals surface area (Å²) in [5.74, 6) is -0.599. The largest absolute Gasteiger partial charge is 0.443 e. The van der Waals surface area contributed by atoms with E-state index in [0.29, 0.717) is 24.2 Å². The van der Waals surface area contributed by atoms with Crippen LogP contribution in [0.2, 0.25) is 0 Å². The number of benzene rings is 1. The third-order valence-corrected chi connectivity index (χ3v) is 3.97. The van der Waals surface area contributed by atoms with Gasteiger partial charge < -0.3 is 9.64 Å². The number of para-hydroxylation sites is 1. The second-order valence-corrected chi connectivity index (χ2v) is 6.83. The molecule has 1 fully saturated rings. The van der Waals surface area contributed by atoms with E-state index in [4.69, 9.17) is 4.74 Å². The van der Waals surface area contributed by atoms with Crippen LogP contribution in [0.4, 0.5) is 10.5 Å². The summed E-state index contributed by atoms with van der Waals surface area (Å²) in [6, 6.07) is 6.08. The SMILES string of the molecule is CC(C)(C)OC(=O)N1C(=O)[C@@H]2CCCN2C(=O)c2ccccc21. The van der Waals surface area contributed by atoms with Crippen LogP contribution in [0.3, 0.4) is 0 Å². The van der Waals surface area contributed by atoms with Crippen LogP contribution in [0.1, 0.15) is 44.0 Å². The minimum Gasteiger partial charge on any atom is -0.443 e. The van der Waals surface area contributed by atoms with Crippen molar-refractivity contribution in [2.24, 2.45) is 0 Å². The van der Waals surface area contributed by atoms with Gasteiger partial charge in [0, 0.05) is 6.54 Å². The Hall–Kier alpha value is -2.37. The van der Waals surface area contributed by atoms with Gasteiger partial charge >= 0.3 is 6.09 Å². The molecule has 0 aromatic heterocycles. The van der Waals surface area contributed by atoms with Crippen LogP contribution in [0.15, 0.2) is 24.3 Å². The normalized spacial score (nSPS) is 20.9. The van der Waals surface area contributed by atoms with Crippen LogP contribution < -0.4 is 4.90 Å². The van der Waals surface area contributed by atoms with Crippen molar-refractivity contribution in [1.82, 2.24) is 4.90 Å². The highest BCUT2D eigenvalue weighted by atomic mass is 16.6. The predicted molar refractivity (Wildman–Crippen MR) is 84.2 cm³/mol. The van der Waals surface area contributed by atoms with Gasteiger partial charge in [-0.05, 0) is 45.7 Å². The summed E-state index contributed by atoms with van der Waals surface area (Å²) in [6.45, 7) is 5.76. The van der Waals surface area contributed by atoms with Gasteiger partial charge in [0.05, 0.1) is 11.3 Å². The summed E-state index contributed by atoms with van der Waals surface area (Å²) < 4.78 is 5.38. The predicted octanol–water partition coefficient (Wildman–Crippen LogP) is 2.57. The number of amides is 3. The van der Waals surface area contributed by atoms with Gasteiger partial charge in [-0.3, -0.25) is 9.59 Å². The number of hydrogen-bond donors (Lipinski definition) is 0. The Bertz CT molecular complexity index is 677. The first-order chi connectivity index (χ1) is 10.8. The van der Waals surface area contributed by atoms with Gasteiger partial charge in [0.25, 0.3) is 11.8 Å². The fraction of sp³-hybridized carbons (Fsp3) is 0.471. The first-order valence-corrected chi connectivity index (χ1v) is 7.76. The minimum absolute atomic E-state index is 0.206. The Labute approximate surface area is 135 Å². The fourth-order valence-corrected chi connectivity index (χ4v) is 3.03. The lowest BCUT2D eigenvalue weighted by Crippen LogP contribution is -2.48. The Morgan fingerprint density at radius 1 is 1.22 bits per heavy atom. The van der Waals surface area contributed by atoms with Crippen LogP contribution in [-0.4, -0.2) is 41.0 Å². The van der Waals surface area contributed by atoms with Crippen LogP contribution in [0.5, 0.6) is 0 Å². The summed E-state index contributed by atoms with van der Waals surface area (Å²) in [7, 11) is 0. The average Bonchev–Trinajstić information content (AvgIpc) is 2.91. The zero-order valence-electron chi connectivity index (χ0n) is 13.5. The van der Waals surface area contributed by atoms with Gasteiger partial charge in [-0.1, -0.05) is 12.1 Å². The summed E-state index contributed by atoms with van der Waals surface area (Å²) >= 11 is 0. The average molecular weight is 316 g/mol. The maximum Gasteiger partial charge on any atom is 0.421 e. The molecular weight excluding hydrogens is 296 g/mol. The van der Waals surface area contributed by atoms with E-state index in [1.165, 1.54) is 0 Å². The van der Waals surface area contributed by atoms with Crippen molar-refractivity contribution in [3.05, 3.63) is 29.8 Å². The van der Waals surface area contributed by atoms with Crippen molar-refractivity contribution >= 4 is 23.6 Å². The molecule has 3 rings (SSSR count). The highest BCUT2D eigenvalue weighted by molar-refractivity contribution is 6.20. The van der Waals surface area contributed by atoms with E-state index in [1.54, 1.807) is 49.9 Å². The van der Waals surface area contributed by atoms with E-state index in [9.17, 15) is 14.4 Å².